The third-order valence-electron chi connectivity index (χ3n) is 2.37. The summed E-state index contributed by atoms with van der Waals surface area (Å²) < 4.78 is 5.38. The van der Waals surface area contributed by atoms with Crippen LogP contribution in [0.2, 0.25) is 0 Å². The van der Waals surface area contributed by atoms with E-state index in [4.69, 9.17) is 4.74 Å². The van der Waals surface area contributed by atoms with Gasteiger partial charge in [0.2, 0.25) is 0 Å². The highest BCUT2D eigenvalue weighted by Gasteiger charge is 2.11. The van der Waals surface area contributed by atoms with Crippen molar-refractivity contribution in [3.63, 3.8) is 0 Å². The SMILES string of the molecule is CCCCCNC1CCCOC1. The van der Waals surface area contributed by atoms with Crippen LogP contribution >= 0.6 is 0 Å². The summed E-state index contributed by atoms with van der Waals surface area (Å²) in [5, 5.41) is 3.53. The molecule has 0 aromatic rings. The molecule has 1 saturated heterocycles. The molecule has 1 aliphatic heterocycles. The van der Waals surface area contributed by atoms with Crippen molar-refractivity contribution in [1.29, 1.82) is 0 Å². The molecule has 0 aromatic carbocycles. The maximum atomic E-state index is 5.38. The largest absolute Gasteiger partial charge is 0.380 e. The van der Waals surface area contributed by atoms with Crippen LogP contribution in [0.3, 0.4) is 0 Å². The Hall–Kier alpha value is -0.0800. The molecule has 12 heavy (non-hydrogen) atoms. The van der Waals surface area contributed by atoms with Gasteiger partial charge in [-0.1, -0.05) is 19.8 Å². The number of ether oxygens (including phenoxy) is 1. The summed E-state index contributed by atoms with van der Waals surface area (Å²) >= 11 is 0. The Morgan fingerprint density at radius 1 is 1.42 bits per heavy atom. The van der Waals surface area contributed by atoms with Gasteiger partial charge in [-0.15, -0.1) is 0 Å². The Labute approximate surface area is 75.7 Å². The van der Waals surface area contributed by atoms with Crippen LogP contribution < -0.4 is 5.32 Å². The maximum Gasteiger partial charge on any atom is 0.0619 e. The molecule has 1 heterocycles. The molecule has 0 radical (unpaired) electrons. The average molecular weight is 171 g/mol. The molecule has 2 nitrogen and oxygen atoms in total. The van der Waals surface area contributed by atoms with Gasteiger partial charge in [0.15, 0.2) is 0 Å². The predicted octanol–water partition coefficient (Wildman–Crippen LogP) is 1.95. The van der Waals surface area contributed by atoms with Gasteiger partial charge in [-0.05, 0) is 25.8 Å². The summed E-state index contributed by atoms with van der Waals surface area (Å²) in [6.45, 7) is 5.30. The summed E-state index contributed by atoms with van der Waals surface area (Å²) in [4.78, 5) is 0. The lowest BCUT2D eigenvalue weighted by molar-refractivity contribution is 0.0704. The molecular formula is C10H21NO. The molecule has 1 rings (SSSR count). The molecule has 0 amide bonds. The lowest BCUT2D eigenvalue weighted by Gasteiger charge is -2.23. The second-order valence-electron chi connectivity index (χ2n) is 3.58. The smallest absolute Gasteiger partial charge is 0.0619 e. The van der Waals surface area contributed by atoms with E-state index in [1.807, 2.05) is 0 Å². The summed E-state index contributed by atoms with van der Waals surface area (Å²) in [5.41, 5.74) is 0. The maximum absolute atomic E-state index is 5.38. The minimum Gasteiger partial charge on any atom is -0.380 e. The van der Waals surface area contributed by atoms with Crippen molar-refractivity contribution in [3.8, 4) is 0 Å². The van der Waals surface area contributed by atoms with Crippen molar-refractivity contribution in [1.82, 2.24) is 5.32 Å². The summed E-state index contributed by atoms with van der Waals surface area (Å²) in [6, 6.07) is 0.635. The van der Waals surface area contributed by atoms with E-state index in [0.717, 1.165) is 13.2 Å². The zero-order valence-electron chi connectivity index (χ0n) is 8.14. The van der Waals surface area contributed by atoms with Gasteiger partial charge >= 0.3 is 0 Å². The number of nitrogens with one attached hydrogen (secondary N) is 1. The predicted molar refractivity (Wildman–Crippen MR) is 51.4 cm³/mol. The third kappa shape index (κ3) is 4.07. The topological polar surface area (TPSA) is 21.3 Å². The van der Waals surface area contributed by atoms with Gasteiger partial charge in [0.1, 0.15) is 0 Å². The van der Waals surface area contributed by atoms with Crippen LogP contribution in [0.1, 0.15) is 39.0 Å². The van der Waals surface area contributed by atoms with Crippen molar-refractivity contribution in [3.05, 3.63) is 0 Å². The molecule has 1 unspecified atom stereocenters. The van der Waals surface area contributed by atoms with E-state index >= 15 is 0 Å². The second-order valence-corrected chi connectivity index (χ2v) is 3.58. The molecule has 2 heteroatoms. The molecule has 0 bridgehead atoms. The van der Waals surface area contributed by atoms with Crippen LogP contribution in [0, 0.1) is 0 Å². The fourth-order valence-electron chi connectivity index (χ4n) is 1.58. The Balaban J connectivity index is 1.91. The van der Waals surface area contributed by atoms with Gasteiger partial charge in [0.25, 0.3) is 0 Å². The van der Waals surface area contributed by atoms with Gasteiger partial charge in [-0.2, -0.15) is 0 Å². The van der Waals surface area contributed by atoms with Gasteiger partial charge in [0, 0.05) is 12.6 Å². The molecule has 0 spiro atoms. The zero-order valence-corrected chi connectivity index (χ0v) is 8.14. The average Bonchev–Trinajstić information content (AvgIpc) is 2.14. The number of rotatable bonds is 5. The third-order valence-corrected chi connectivity index (χ3v) is 2.37. The number of hydrogen-bond donors (Lipinski definition) is 1. The van der Waals surface area contributed by atoms with E-state index in [1.165, 1.54) is 38.6 Å². The first-order valence-electron chi connectivity index (χ1n) is 5.24. The standard InChI is InChI=1S/C10H21NO/c1-2-3-4-7-11-10-6-5-8-12-9-10/h10-11H,2-9H2,1H3. The van der Waals surface area contributed by atoms with Crippen LogP contribution in [0.4, 0.5) is 0 Å². The summed E-state index contributed by atoms with van der Waals surface area (Å²) in [6.07, 6.45) is 6.49. The zero-order chi connectivity index (χ0) is 8.65. The molecule has 1 atom stereocenters. The van der Waals surface area contributed by atoms with Crippen LogP contribution in [0.25, 0.3) is 0 Å². The minimum atomic E-state index is 0.635. The van der Waals surface area contributed by atoms with Crippen molar-refractivity contribution in [2.45, 2.75) is 45.1 Å². The number of hydrogen-bond acceptors (Lipinski definition) is 2. The molecule has 1 fully saturated rings. The highest BCUT2D eigenvalue weighted by molar-refractivity contribution is 4.69. The molecule has 0 aliphatic carbocycles. The normalized spacial score (nSPS) is 24.2. The van der Waals surface area contributed by atoms with Crippen LogP contribution in [-0.2, 0) is 4.74 Å². The summed E-state index contributed by atoms with van der Waals surface area (Å²) in [7, 11) is 0. The first kappa shape index (κ1) is 10.0. The van der Waals surface area contributed by atoms with E-state index < -0.39 is 0 Å². The monoisotopic (exact) mass is 171 g/mol. The van der Waals surface area contributed by atoms with E-state index in [1.54, 1.807) is 0 Å². The molecule has 0 saturated carbocycles. The Morgan fingerprint density at radius 3 is 3.00 bits per heavy atom. The van der Waals surface area contributed by atoms with E-state index in [9.17, 15) is 0 Å². The second kappa shape index (κ2) is 6.44. The quantitative estimate of drug-likeness (QED) is 0.638. The van der Waals surface area contributed by atoms with Crippen LogP contribution in [0.15, 0.2) is 0 Å². The molecule has 72 valence electrons. The first-order chi connectivity index (χ1) is 5.93. The molecule has 0 aromatic heterocycles. The van der Waals surface area contributed by atoms with Gasteiger partial charge < -0.3 is 10.1 Å². The lowest BCUT2D eigenvalue weighted by Crippen LogP contribution is -2.37. The first-order valence-corrected chi connectivity index (χ1v) is 5.24. The minimum absolute atomic E-state index is 0.635. The van der Waals surface area contributed by atoms with Gasteiger partial charge in [-0.3, -0.25) is 0 Å². The Bertz CT molecular complexity index is 100. The molecule has 1 N–H and O–H groups in total. The molecular weight excluding hydrogens is 150 g/mol. The van der Waals surface area contributed by atoms with E-state index in [0.29, 0.717) is 6.04 Å². The van der Waals surface area contributed by atoms with Crippen molar-refractivity contribution >= 4 is 0 Å². The fraction of sp³-hybridized carbons (Fsp3) is 1.00. The highest BCUT2D eigenvalue weighted by Crippen LogP contribution is 2.05. The van der Waals surface area contributed by atoms with Gasteiger partial charge in [0.05, 0.1) is 6.61 Å². The lowest BCUT2D eigenvalue weighted by atomic mass is 10.1. The Kier molecular flexibility index (Phi) is 5.37. The van der Waals surface area contributed by atoms with Crippen LogP contribution in [0.5, 0.6) is 0 Å². The van der Waals surface area contributed by atoms with E-state index in [-0.39, 0.29) is 0 Å². The van der Waals surface area contributed by atoms with Crippen molar-refractivity contribution in [2.75, 3.05) is 19.8 Å². The number of unbranched alkanes of at least 4 members (excludes halogenated alkanes) is 2. The van der Waals surface area contributed by atoms with E-state index in [2.05, 4.69) is 12.2 Å². The Morgan fingerprint density at radius 2 is 2.33 bits per heavy atom. The fourth-order valence-corrected chi connectivity index (χ4v) is 1.58. The highest BCUT2D eigenvalue weighted by atomic mass is 16.5. The van der Waals surface area contributed by atoms with Crippen molar-refractivity contribution in [2.24, 2.45) is 0 Å². The van der Waals surface area contributed by atoms with Gasteiger partial charge in [-0.25, -0.2) is 0 Å². The summed E-state index contributed by atoms with van der Waals surface area (Å²) in [5.74, 6) is 0. The molecule has 1 aliphatic rings. The van der Waals surface area contributed by atoms with Crippen molar-refractivity contribution < 1.29 is 4.74 Å². The van der Waals surface area contributed by atoms with Crippen LogP contribution in [-0.4, -0.2) is 25.8 Å².